The van der Waals surface area contributed by atoms with Gasteiger partial charge in [0.25, 0.3) is 0 Å². The first-order valence-electron chi connectivity index (χ1n) is 12.5. The lowest BCUT2D eigenvalue weighted by Crippen LogP contribution is -2.33. The molecule has 8 nitrogen and oxygen atoms in total. The number of ether oxygens (including phenoxy) is 1. The van der Waals surface area contributed by atoms with Gasteiger partial charge in [-0.25, -0.2) is 9.37 Å². The number of hydrogen-bond acceptors (Lipinski definition) is 7. The molecule has 1 atom stereocenters. The van der Waals surface area contributed by atoms with E-state index < -0.39 is 0 Å². The van der Waals surface area contributed by atoms with E-state index >= 15 is 0 Å². The first kappa shape index (κ1) is 31.2. The number of rotatable bonds is 11. The summed E-state index contributed by atoms with van der Waals surface area (Å²) < 4.78 is 19.2. The lowest BCUT2D eigenvalue weighted by molar-refractivity contribution is -0.120. The second-order valence-electron chi connectivity index (χ2n) is 8.55. The predicted octanol–water partition coefficient (Wildman–Crippen LogP) is 4.76. The summed E-state index contributed by atoms with van der Waals surface area (Å²) >= 11 is 0. The van der Waals surface area contributed by atoms with E-state index in [1.165, 1.54) is 18.4 Å². The van der Waals surface area contributed by atoms with Crippen molar-refractivity contribution in [1.82, 2.24) is 15.6 Å². The maximum absolute atomic E-state index is 13.3. The summed E-state index contributed by atoms with van der Waals surface area (Å²) in [7, 11) is 0. The van der Waals surface area contributed by atoms with Crippen LogP contribution in [0.15, 0.2) is 106 Å². The Bertz CT molecular complexity index is 1340. The number of nitrogen functional groups attached to an aromatic ring is 1. The smallest absolute Gasteiger partial charge is 0.224 e. The van der Waals surface area contributed by atoms with Gasteiger partial charge >= 0.3 is 0 Å². The number of hydrogen-bond donors (Lipinski definition) is 3. The van der Waals surface area contributed by atoms with E-state index in [0.29, 0.717) is 36.8 Å². The van der Waals surface area contributed by atoms with E-state index in [-0.39, 0.29) is 30.6 Å². The van der Waals surface area contributed by atoms with Crippen molar-refractivity contribution in [2.75, 3.05) is 18.9 Å². The molecule has 1 unspecified atom stereocenters. The number of anilines is 1. The van der Waals surface area contributed by atoms with Crippen LogP contribution in [0.5, 0.6) is 5.75 Å². The maximum Gasteiger partial charge on any atom is 0.224 e. The van der Waals surface area contributed by atoms with Crippen LogP contribution in [-0.4, -0.2) is 36.4 Å². The molecule has 1 aromatic heterocycles. The van der Waals surface area contributed by atoms with E-state index in [1.54, 1.807) is 36.6 Å². The summed E-state index contributed by atoms with van der Waals surface area (Å²) in [6.07, 6.45) is 28.0. The number of nitrogens with one attached hydrogen (secondary N) is 2. The molecule has 0 saturated heterocycles. The summed E-state index contributed by atoms with van der Waals surface area (Å²) in [5.41, 5.74) is 7.84. The highest BCUT2D eigenvalue weighted by atomic mass is 19.1. The molecule has 0 fully saturated rings. The number of nitrogens with two attached hydrogens (primary N) is 1. The number of nitrogens with zero attached hydrogens (tertiary/aromatic N) is 3. The minimum absolute atomic E-state index is 0.0361. The Labute approximate surface area is 234 Å². The van der Waals surface area contributed by atoms with Gasteiger partial charge < -0.3 is 15.8 Å². The van der Waals surface area contributed by atoms with Gasteiger partial charge in [0.15, 0.2) is 0 Å². The zero-order valence-corrected chi connectivity index (χ0v) is 22.4. The van der Waals surface area contributed by atoms with Crippen LogP contribution in [0.2, 0.25) is 0 Å². The first-order valence-corrected chi connectivity index (χ1v) is 12.5. The largest absolute Gasteiger partial charge is 0.461 e. The number of amides is 1. The van der Waals surface area contributed by atoms with E-state index in [1.807, 2.05) is 37.3 Å². The van der Waals surface area contributed by atoms with Crippen molar-refractivity contribution in [2.45, 2.75) is 32.2 Å². The van der Waals surface area contributed by atoms with Crippen molar-refractivity contribution in [3.8, 4) is 24.7 Å². The molecular weight excluding hydrogens is 507 g/mol. The Morgan fingerprint density at radius 3 is 2.85 bits per heavy atom. The third-order valence-corrected chi connectivity index (χ3v) is 5.49. The van der Waals surface area contributed by atoms with Crippen molar-refractivity contribution in [2.24, 2.45) is 4.99 Å². The molecule has 40 heavy (non-hydrogen) atoms. The fourth-order valence-electron chi connectivity index (χ4n) is 3.52. The fraction of sp³-hybridized carbons (Fsp3) is 0.226. The molecule has 3 rings (SSSR count). The van der Waals surface area contributed by atoms with Crippen LogP contribution in [0.25, 0.3) is 0 Å². The van der Waals surface area contributed by atoms with Crippen LogP contribution in [0.4, 0.5) is 10.2 Å². The van der Waals surface area contributed by atoms with Gasteiger partial charge in [0.1, 0.15) is 29.2 Å². The number of nitriles is 1. The Hall–Kier alpha value is -4.99. The van der Waals surface area contributed by atoms with Gasteiger partial charge in [-0.15, -0.1) is 12.8 Å². The molecule has 1 aromatic rings. The molecule has 0 aliphatic heterocycles. The van der Waals surface area contributed by atoms with Gasteiger partial charge in [-0.1, -0.05) is 42.5 Å². The number of allylic oxidation sites excluding steroid dienone is 8. The first-order chi connectivity index (χ1) is 19.4. The molecule has 206 valence electrons. The van der Waals surface area contributed by atoms with Gasteiger partial charge in [0.2, 0.25) is 5.91 Å². The minimum Gasteiger partial charge on any atom is -0.461 e. The van der Waals surface area contributed by atoms with Crippen LogP contribution >= 0.6 is 0 Å². The normalized spacial score (nSPS) is 15.6. The third-order valence-electron chi connectivity index (χ3n) is 5.49. The maximum atomic E-state index is 13.3. The van der Waals surface area contributed by atoms with Crippen LogP contribution < -0.4 is 21.1 Å². The topological polar surface area (TPSA) is 125 Å². The Morgan fingerprint density at radius 2 is 2.08 bits per heavy atom. The second-order valence-corrected chi connectivity index (χ2v) is 8.55. The highest BCUT2D eigenvalue weighted by Gasteiger charge is 2.11. The molecule has 1 amide bonds. The molecule has 2 aliphatic carbocycles. The summed E-state index contributed by atoms with van der Waals surface area (Å²) in [6, 6.07) is 5.18. The molecule has 0 saturated carbocycles. The number of aliphatic imine (C=N–C) groups is 1. The number of aromatic nitrogens is 1. The number of terminal acetylenes is 1. The number of carbonyl (C=O) groups is 1. The molecule has 0 radical (unpaired) electrons. The van der Waals surface area contributed by atoms with Gasteiger partial charge in [-0.2, -0.15) is 5.26 Å². The average Bonchev–Trinajstić information content (AvgIpc) is 3.31. The van der Waals surface area contributed by atoms with Crippen molar-refractivity contribution < 1.29 is 13.9 Å². The molecule has 2 aliphatic rings. The van der Waals surface area contributed by atoms with Gasteiger partial charge in [0.05, 0.1) is 18.3 Å². The summed E-state index contributed by atoms with van der Waals surface area (Å²) in [4.78, 5) is 20.5. The van der Waals surface area contributed by atoms with E-state index in [4.69, 9.17) is 10.5 Å². The van der Waals surface area contributed by atoms with Crippen LogP contribution in [0, 0.1) is 24.2 Å². The SMILES string of the molecule is C#C.CC(NC(=O)C/C=C(C#N)\C=N/CNCC1=CC=C(Oc2ccnc(N)c2)CC=C1)C1=CC=C(F)CC=C1. The van der Waals surface area contributed by atoms with Crippen LogP contribution in [0.3, 0.4) is 0 Å². The average molecular weight is 541 g/mol. The third kappa shape index (κ3) is 11.6. The van der Waals surface area contributed by atoms with Crippen molar-refractivity contribution in [3.05, 3.63) is 101 Å². The zero-order valence-electron chi connectivity index (χ0n) is 22.4. The van der Waals surface area contributed by atoms with Gasteiger partial charge in [0, 0.05) is 44.3 Å². The van der Waals surface area contributed by atoms with Crippen LogP contribution in [-0.2, 0) is 4.79 Å². The Kier molecular flexibility index (Phi) is 13.7. The molecule has 4 N–H and O–H groups in total. The van der Waals surface area contributed by atoms with E-state index in [2.05, 4.69) is 33.5 Å². The zero-order chi connectivity index (χ0) is 29.2. The van der Waals surface area contributed by atoms with E-state index in [9.17, 15) is 14.4 Å². The Morgan fingerprint density at radius 1 is 1.27 bits per heavy atom. The van der Waals surface area contributed by atoms with Crippen molar-refractivity contribution in [1.29, 1.82) is 5.26 Å². The molecule has 0 spiro atoms. The van der Waals surface area contributed by atoms with Crippen molar-refractivity contribution in [3.63, 3.8) is 0 Å². The second kappa shape index (κ2) is 17.5. The summed E-state index contributed by atoms with van der Waals surface area (Å²) in [6.45, 7) is 2.71. The van der Waals surface area contributed by atoms with Gasteiger partial charge in [-0.05, 0) is 36.3 Å². The molecule has 0 aromatic carbocycles. The standard InChI is InChI=1S/C29H31FN6O2.C2H2/c1-21(24-5-3-6-25(30)11-10-24)36-29(37)13-9-23(17-31)19-34-20-33-18-22-4-2-7-26(12-8-22)38-27-14-15-35-28(32)16-27;1-2/h2-5,8-12,14-16,19,21,33H,6-7,13,18,20H2,1H3,(H2,32,35)(H,36,37);1-2H/b23-9-,34-19-;. The number of carbonyl (C=O) groups excluding carboxylic acids is 1. The highest BCUT2D eigenvalue weighted by Crippen LogP contribution is 2.19. The molecule has 1 heterocycles. The molecule has 9 heteroatoms. The summed E-state index contributed by atoms with van der Waals surface area (Å²) in [5.74, 6) is 1.36. The number of halogens is 1. The molecular formula is C31H33FN6O2. The van der Waals surface area contributed by atoms with Crippen molar-refractivity contribution >= 4 is 17.9 Å². The van der Waals surface area contributed by atoms with Gasteiger partial charge in [-0.3, -0.25) is 15.1 Å². The lowest BCUT2D eigenvalue weighted by atomic mass is 10.1. The molecule has 0 bridgehead atoms. The Balaban J connectivity index is 0.00000274. The fourth-order valence-corrected chi connectivity index (χ4v) is 3.52. The summed E-state index contributed by atoms with van der Waals surface area (Å²) in [5, 5.41) is 15.4. The minimum atomic E-state index is -0.281. The van der Waals surface area contributed by atoms with E-state index in [0.717, 1.165) is 16.9 Å². The monoisotopic (exact) mass is 540 g/mol. The van der Waals surface area contributed by atoms with Crippen LogP contribution in [0.1, 0.15) is 26.2 Å². The predicted molar refractivity (Wildman–Crippen MR) is 157 cm³/mol. The highest BCUT2D eigenvalue weighted by molar-refractivity contribution is 5.86. The quantitative estimate of drug-likeness (QED) is 0.161. The number of pyridine rings is 1. The lowest BCUT2D eigenvalue weighted by Gasteiger charge is -2.14.